The molecule has 0 aromatic heterocycles. The van der Waals surface area contributed by atoms with Gasteiger partial charge in [0.1, 0.15) is 13.2 Å². The second kappa shape index (κ2) is 6.14. The summed E-state index contributed by atoms with van der Waals surface area (Å²) < 4.78 is 9.79. The van der Waals surface area contributed by atoms with Gasteiger partial charge < -0.3 is 20.1 Å². The molecule has 0 unspecified atom stereocenters. The van der Waals surface area contributed by atoms with Crippen LogP contribution in [-0.4, -0.2) is 37.2 Å². The highest BCUT2D eigenvalue weighted by atomic mass is 16.5. The zero-order valence-corrected chi connectivity index (χ0v) is 13.5. The summed E-state index contributed by atoms with van der Waals surface area (Å²) in [6.07, 6.45) is 1.18. The van der Waals surface area contributed by atoms with Crippen molar-refractivity contribution in [3.63, 3.8) is 0 Å². The maximum absolute atomic E-state index is 11.9. The summed E-state index contributed by atoms with van der Waals surface area (Å²) in [5, 5.41) is 5.29. The van der Waals surface area contributed by atoms with Gasteiger partial charge in [0.05, 0.1) is 12.5 Å². The number of carbonyl (C=O) groups is 3. The van der Waals surface area contributed by atoms with Crippen LogP contribution in [0.25, 0.3) is 0 Å². The Labute approximate surface area is 139 Å². The van der Waals surface area contributed by atoms with Crippen molar-refractivity contribution >= 4 is 18.0 Å². The Morgan fingerprint density at radius 2 is 1.79 bits per heavy atom. The molecule has 3 saturated carbocycles. The number of hydrogen-bond donors (Lipinski definition) is 2. The van der Waals surface area contributed by atoms with Gasteiger partial charge in [-0.05, 0) is 24.8 Å². The van der Waals surface area contributed by atoms with E-state index in [9.17, 15) is 14.4 Å². The van der Waals surface area contributed by atoms with E-state index < -0.39 is 11.5 Å². The Hall–Kier alpha value is -2.57. The predicted octanol–water partition coefficient (Wildman–Crippen LogP) is 1.12. The van der Waals surface area contributed by atoms with E-state index in [-0.39, 0.29) is 30.6 Å². The van der Waals surface area contributed by atoms with Gasteiger partial charge in [-0.15, -0.1) is 0 Å². The van der Waals surface area contributed by atoms with Crippen molar-refractivity contribution in [2.45, 2.75) is 31.4 Å². The molecular formula is C17H20N2O5. The van der Waals surface area contributed by atoms with E-state index in [0.29, 0.717) is 19.3 Å². The minimum Gasteiger partial charge on any atom is -0.469 e. The van der Waals surface area contributed by atoms with Crippen molar-refractivity contribution in [3.05, 3.63) is 35.9 Å². The van der Waals surface area contributed by atoms with Crippen LogP contribution >= 0.6 is 0 Å². The average molecular weight is 332 g/mol. The Morgan fingerprint density at radius 1 is 1.12 bits per heavy atom. The fourth-order valence-electron chi connectivity index (χ4n) is 3.62. The molecule has 3 aliphatic carbocycles. The molecule has 128 valence electrons. The van der Waals surface area contributed by atoms with Crippen molar-refractivity contribution in [2.75, 3.05) is 13.7 Å². The molecule has 24 heavy (non-hydrogen) atoms. The minimum absolute atomic E-state index is 0.152. The third-order valence-corrected chi connectivity index (χ3v) is 4.66. The first-order chi connectivity index (χ1) is 11.5. The van der Waals surface area contributed by atoms with Crippen LogP contribution in [0, 0.1) is 5.41 Å². The molecule has 4 rings (SSSR count). The van der Waals surface area contributed by atoms with Gasteiger partial charge in [0, 0.05) is 5.54 Å². The maximum atomic E-state index is 11.9. The Morgan fingerprint density at radius 3 is 2.42 bits per heavy atom. The van der Waals surface area contributed by atoms with Crippen LogP contribution in [0.1, 0.15) is 24.8 Å². The lowest BCUT2D eigenvalue weighted by Gasteiger charge is -2.68. The highest BCUT2D eigenvalue weighted by Gasteiger charge is 2.72. The molecule has 0 aliphatic heterocycles. The number of carbonyl (C=O) groups excluding carboxylic acids is 3. The van der Waals surface area contributed by atoms with E-state index >= 15 is 0 Å². The van der Waals surface area contributed by atoms with E-state index in [1.807, 2.05) is 30.3 Å². The van der Waals surface area contributed by atoms with Gasteiger partial charge in [-0.1, -0.05) is 30.3 Å². The van der Waals surface area contributed by atoms with Crippen molar-refractivity contribution in [1.29, 1.82) is 0 Å². The molecule has 7 heteroatoms. The molecule has 2 N–H and O–H groups in total. The second-order valence-electron chi connectivity index (χ2n) is 6.55. The van der Waals surface area contributed by atoms with Gasteiger partial charge in [-0.25, -0.2) is 4.79 Å². The number of nitrogens with one attached hydrogen (secondary N) is 2. The quantitative estimate of drug-likeness (QED) is 0.762. The normalized spacial score (nSPS) is 26.4. The number of rotatable bonds is 6. The van der Waals surface area contributed by atoms with E-state index in [2.05, 4.69) is 10.6 Å². The summed E-state index contributed by atoms with van der Waals surface area (Å²) in [5.74, 6) is -0.494. The minimum atomic E-state index is -0.641. The van der Waals surface area contributed by atoms with Crippen LogP contribution in [0.15, 0.2) is 30.3 Å². The molecule has 3 aliphatic rings. The Balaban J connectivity index is 1.34. The van der Waals surface area contributed by atoms with Gasteiger partial charge in [0.2, 0.25) is 5.91 Å². The number of hydrogen-bond acceptors (Lipinski definition) is 5. The topological polar surface area (TPSA) is 93.7 Å². The second-order valence-corrected chi connectivity index (χ2v) is 6.55. The maximum Gasteiger partial charge on any atom is 0.407 e. The molecule has 1 aromatic rings. The van der Waals surface area contributed by atoms with Gasteiger partial charge in [-0.3, -0.25) is 9.59 Å². The molecule has 0 heterocycles. The number of alkyl carbamates (subject to hydrolysis) is 1. The lowest BCUT2D eigenvalue weighted by atomic mass is 9.39. The standard InChI is InChI=1S/C17H20N2O5/c1-23-14(21)16-9-17(10-16,11-16)19-13(20)7-18-15(22)24-8-12-5-3-2-4-6-12/h2-6H,7-11H2,1H3,(H,18,22)(H,19,20). The summed E-state index contributed by atoms with van der Waals surface area (Å²) in [6.45, 7) is 0.000473. The van der Waals surface area contributed by atoms with Crippen LogP contribution in [-0.2, 0) is 25.7 Å². The third-order valence-electron chi connectivity index (χ3n) is 4.66. The van der Waals surface area contributed by atoms with E-state index in [1.165, 1.54) is 7.11 Å². The molecule has 1 aromatic carbocycles. The summed E-state index contributed by atoms with van der Waals surface area (Å²) >= 11 is 0. The van der Waals surface area contributed by atoms with Gasteiger partial charge in [-0.2, -0.15) is 0 Å². The molecular weight excluding hydrogens is 312 g/mol. The molecule has 0 radical (unpaired) electrons. The molecule has 0 atom stereocenters. The Bertz CT molecular complexity index is 638. The highest BCUT2D eigenvalue weighted by Crippen LogP contribution is 2.67. The van der Waals surface area contributed by atoms with E-state index in [4.69, 9.17) is 9.47 Å². The van der Waals surface area contributed by atoms with Crippen LogP contribution in [0.3, 0.4) is 0 Å². The summed E-state index contributed by atoms with van der Waals surface area (Å²) in [7, 11) is 1.37. The van der Waals surface area contributed by atoms with Gasteiger partial charge in [0.15, 0.2) is 0 Å². The number of benzene rings is 1. The smallest absolute Gasteiger partial charge is 0.407 e. The van der Waals surface area contributed by atoms with Crippen molar-refractivity contribution < 1.29 is 23.9 Å². The molecule has 3 fully saturated rings. The zero-order chi connectivity index (χ0) is 17.2. The fraction of sp³-hybridized carbons (Fsp3) is 0.471. The van der Waals surface area contributed by atoms with Gasteiger partial charge >= 0.3 is 12.1 Å². The number of amides is 2. The fourth-order valence-corrected chi connectivity index (χ4v) is 3.62. The lowest BCUT2D eigenvalue weighted by Crippen LogP contribution is -2.77. The lowest BCUT2D eigenvalue weighted by molar-refractivity contribution is -0.202. The van der Waals surface area contributed by atoms with Crippen molar-refractivity contribution in [1.82, 2.24) is 10.6 Å². The number of methoxy groups -OCH3 is 1. The summed E-state index contributed by atoms with van der Waals surface area (Å²) in [6, 6.07) is 9.28. The van der Waals surface area contributed by atoms with Gasteiger partial charge in [0.25, 0.3) is 0 Å². The zero-order valence-electron chi connectivity index (χ0n) is 13.5. The first-order valence-corrected chi connectivity index (χ1v) is 7.81. The average Bonchev–Trinajstić information content (AvgIpc) is 2.53. The van der Waals surface area contributed by atoms with Crippen LogP contribution < -0.4 is 10.6 Å². The SMILES string of the molecule is COC(=O)C12CC(NC(=O)CNC(=O)OCc3ccccc3)(C1)C2. The third kappa shape index (κ3) is 3.06. The summed E-state index contributed by atoms with van der Waals surface area (Å²) in [4.78, 5) is 35.1. The Kier molecular flexibility index (Phi) is 4.17. The predicted molar refractivity (Wildman–Crippen MR) is 83.8 cm³/mol. The molecule has 2 amide bonds. The number of esters is 1. The van der Waals surface area contributed by atoms with Crippen molar-refractivity contribution in [3.8, 4) is 0 Å². The molecule has 2 bridgehead atoms. The van der Waals surface area contributed by atoms with Crippen LogP contribution in [0.4, 0.5) is 4.79 Å². The largest absolute Gasteiger partial charge is 0.469 e. The van der Waals surface area contributed by atoms with Crippen LogP contribution in [0.5, 0.6) is 0 Å². The molecule has 0 spiro atoms. The molecule has 7 nitrogen and oxygen atoms in total. The van der Waals surface area contributed by atoms with E-state index in [0.717, 1.165) is 5.56 Å². The van der Waals surface area contributed by atoms with Crippen molar-refractivity contribution in [2.24, 2.45) is 5.41 Å². The van der Waals surface area contributed by atoms with Crippen LogP contribution in [0.2, 0.25) is 0 Å². The number of ether oxygens (including phenoxy) is 2. The molecule has 0 saturated heterocycles. The highest BCUT2D eigenvalue weighted by molar-refractivity contribution is 5.86. The summed E-state index contributed by atoms with van der Waals surface area (Å²) in [5.41, 5.74) is 0.171. The first kappa shape index (κ1) is 16.3. The first-order valence-electron chi connectivity index (χ1n) is 7.81. The monoisotopic (exact) mass is 332 g/mol. The van der Waals surface area contributed by atoms with E-state index in [1.54, 1.807) is 0 Å².